The van der Waals surface area contributed by atoms with Crippen LogP contribution in [0, 0.1) is 0 Å². The molecule has 0 saturated carbocycles. The minimum Gasteiger partial charge on any atom is -0.493 e. The van der Waals surface area contributed by atoms with E-state index in [-0.39, 0.29) is 12.1 Å². The number of nitrogens with one attached hydrogen (secondary N) is 1. The standard InChI is InChI=1S/C18H29NO2/c1-4-8-16(20-3)17(19-12-5-2)15-11-6-9-14-10-7-13-21-18(14)15/h6,9,11,16-17,19H,4-5,7-8,10,12-13H2,1-3H3. The van der Waals surface area contributed by atoms with Gasteiger partial charge in [0.15, 0.2) is 0 Å². The van der Waals surface area contributed by atoms with Crippen LogP contribution in [0.3, 0.4) is 0 Å². The highest BCUT2D eigenvalue weighted by Crippen LogP contribution is 2.35. The molecule has 1 aliphatic heterocycles. The quantitative estimate of drug-likeness (QED) is 0.788. The van der Waals surface area contributed by atoms with Gasteiger partial charge in [-0.05, 0) is 37.8 Å². The molecule has 1 N–H and O–H groups in total. The van der Waals surface area contributed by atoms with Crippen LogP contribution in [-0.2, 0) is 11.2 Å². The van der Waals surface area contributed by atoms with E-state index in [4.69, 9.17) is 9.47 Å². The van der Waals surface area contributed by atoms with Crippen LogP contribution < -0.4 is 10.1 Å². The fourth-order valence-electron chi connectivity index (χ4n) is 3.11. The lowest BCUT2D eigenvalue weighted by molar-refractivity contribution is 0.0593. The highest BCUT2D eigenvalue weighted by atomic mass is 16.5. The molecule has 0 spiro atoms. The summed E-state index contributed by atoms with van der Waals surface area (Å²) in [6.45, 7) is 6.23. The van der Waals surface area contributed by atoms with Crippen molar-refractivity contribution in [3.8, 4) is 5.75 Å². The van der Waals surface area contributed by atoms with Crippen molar-refractivity contribution in [1.29, 1.82) is 0 Å². The molecule has 0 saturated heterocycles. The second-order valence-electron chi connectivity index (χ2n) is 5.78. The van der Waals surface area contributed by atoms with Crippen molar-refractivity contribution < 1.29 is 9.47 Å². The Hall–Kier alpha value is -1.06. The first kappa shape index (κ1) is 16.3. The van der Waals surface area contributed by atoms with Crippen LogP contribution in [-0.4, -0.2) is 26.4 Å². The topological polar surface area (TPSA) is 30.5 Å². The highest BCUT2D eigenvalue weighted by molar-refractivity contribution is 5.45. The van der Waals surface area contributed by atoms with E-state index < -0.39 is 0 Å². The number of fused-ring (bicyclic) bond motifs is 1. The van der Waals surface area contributed by atoms with Crippen molar-refractivity contribution in [3.05, 3.63) is 29.3 Å². The molecule has 2 rings (SSSR count). The molecule has 0 aromatic heterocycles. The van der Waals surface area contributed by atoms with Crippen LogP contribution in [0.1, 0.15) is 56.7 Å². The Morgan fingerprint density at radius 3 is 2.86 bits per heavy atom. The fraction of sp³-hybridized carbons (Fsp3) is 0.667. The zero-order chi connectivity index (χ0) is 15.1. The minimum atomic E-state index is 0.193. The fourth-order valence-corrected chi connectivity index (χ4v) is 3.11. The van der Waals surface area contributed by atoms with Gasteiger partial charge in [0.2, 0.25) is 0 Å². The first-order chi connectivity index (χ1) is 10.3. The molecule has 1 aliphatic rings. The van der Waals surface area contributed by atoms with Gasteiger partial charge >= 0.3 is 0 Å². The van der Waals surface area contributed by atoms with Crippen molar-refractivity contribution in [2.45, 2.75) is 58.1 Å². The number of rotatable bonds is 8. The maximum absolute atomic E-state index is 5.99. The summed E-state index contributed by atoms with van der Waals surface area (Å²) >= 11 is 0. The van der Waals surface area contributed by atoms with E-state index in [1.54, 1.807) is 0 Å². The highest BCUT2D eigenvalue weighted by Gasteiger charge is 2.27. The van der Waals surface area contributed by atoms with Crippen molar-refractivity contribution in [2.75, 3.05) is 20.3 Å². The Morgan fingerprint density at radius 2 is 2.14 bits per heavy atom. The maximum Gasteiger partial charge on any atom is 0.127 e. The summed E-state index contributed by atoms with van der Waals surface area (Å²) in [5.41, 5.74) is 2.61. The van der Waals surface area contributed by atoms with E-state index in [0.29, 0.717) is 0 Å². The number of hydrogen-bond acceptors (Lipinski definition) is 3. The Balaban J connectivity index is 2.31. The third-order valence-electron chi connectivity index (χ3n) is 4.16. The Bertz CT molecular complexity index is 433. The Labute approximate surface area is 129 Å². The van der Waals surface area contributed by atoms with E-state index in [9.17, 15) is 0 Å². The molecule has 0 bridgehead atoms. The summed E-state index contributed by atoms with van der Waals surface area (Å²) in [7, 11) is 1.82. The van der Waals surface area contributed by atoms with Crippen molar-refractivity contribution >= 4 is 0 Å². The summed E-state index contributed by atoms with van der Waals surface area (Å²) in [5.74, 6) is 1.09. The number of methoxy groups -OCH3 is 1. The average molecular weight is 291 g/mol. The van der Waals surface area contributed by atoms with E-state index in [0.717, 1.165) is 51.0 Å². The number of benzene rings is 1. The molecule has 1 heterocycles. The molecule has 3 nitrogen and oxygen atoms in total. The van der Waals surface area contributed by atoms with Gasteiger partial charge in [-0.1, -0.05) is 38.5 Å². The second-order valence-corrected chi connectivity index (χ2v) is 5.78. The Kier molecular flexibility index (Phi) is 6.52. The predicted octanol–water partition coefficient (Wildman–Crippen LogP) is 3.87. The predicted molar refractivity (Wildman–Crippen MR) is 87.0 cm³/mol. The second kappa shape index (κ2) is 8.40. The lowest BCUT2D eigenvalue weighted by Gasteiger charge is -2.30. The van der Waals surface area contributed by atoms with Gasteiger partial charge in [-0.3, -0.25) is 0 Å². The number of hydrogen-bond donors (Lipinski definition) is 1. The first-order valence-corrected chi connectivity index (χ1v) is 8.32. The largest absolute Gasteiger partial charge is 0.493 e. The van der Waals surface area contributed by atoms with Crippen LogP contribution in [0.4, 0.5) is 0 Å². The third-order valence-corrected chi connectivity index (χ3v) is 4.16. The van der Waals surface area contributed by atoms with Crippen LogP contribution in [0.2, 0.25) is 0 Å². The van der Waals surface area contributed by atoms with Gasteiger partial charge in [0, 0.05) is 12.7 Å². The van der Waals surface area contributed by atoms with Crippen LogP contribution in [0.25, 0.3) is 0 Å². The monoisotopic (exact) mass is 291 g/mol. The van der Waals surface area contributed by atoms with Gasteiger partial charge in [0.25, 0.3) is 0 Å². The number of ether oxygens (including phenoxy) is 2. The zero-order valence-corrected chi connectivity index (χ0v) is 13.7. The summed E-state index contributed by atoms with van der Waals surface area (Å²) in [6.07, 6.45) is 5.73. The lowest BCUT2D eigenvalue weighted by Crippen LogP contribution is -2.34. The average Bonchev–Trinajstić information content (AvgIpc) is 2.54. The van der Waals surface area contributed by atoms with Gasteiger partial charge in [-0.25, -0.2) is 0 Å². The molecule has 21 heavy (non-hydrogen) atoms. The van der Waals surface area contributed by atoms with Crippen LogP contribution >= 0.6 is 0 Å². The lowest BCUT2D eigenvalue weighted by atomic mass is 9.93. The normalized spacial score (nSPS) is 16.9. The SMILES string of the molecule is CCCNC(c1cccc2c1OCCC2)C(CCC)OC. The summed E-state index contributed by atoms with van der Waals surface area (Å²) in [5, 5.41) is 3.67. The molecule has 3 heteroatoms. The molecule has 0 amide bonds. The third kappa shape index (κ3) is 3.98. The zero-order valence-electron chi connectivity index (χ0n) is 13.7. The molecular formula is C18H29NO2. The van der Waals surface area contributed by atoms with Gasteiger partial charge < -0.3 is 14.8 Å². The van der Waals surface area contributed by atoms with Gasteiger partial charge in [0.05, 0.1) is 18.8 Å². The van der Waals surface area contributed by atoms with Gasteiger partial charge in [-0.15, -0.1) is 0 Å². The maximum atomic E-state index is 5.99. The summed E-state index contributed by atoms with van der Waals surface area (Å²) in [6, 6.07) is 6.75. The smallest absolute Gasteiger partial charge is 0.127 e. The molecule has 118 valence electrons. The molecule has 2 atom stereocenters. The summed E-state index contributed by atoms with van der Waals surface area (Å²) in [4.78, 5) is 0. The minimum absolute atomic E-state index is 0.193. The molecule has 1 aromatic rings. The van der Waals surface area contributed by atoms with E-state index in [2.05, 4.69) is 37.4 Å². The van der Waals surface area contributed by atoms with E-state index >= 15 is 0 Å². The molecule has 0 fully saturated rings. The van der Waals surface area contributed by atoms with Crippen LogP contribution in [0.5, 0.6) is 5.75 Å². The molecule has 0 radical (unpaired) electrons. The van der Waals surface area contributed by atoms with E-state index in [1.807, 2.05) is 7.11 Å². The molecule has 1 aromatic carbocycles. The summed E-state index contributed by atoms with van der Waals surface area (Å²) < 4.78 is 11.8. The van der Waals surface area contributed by atoms with Crippen molar-refractivity contribution in [1.82, 2.24) is 5.32 Å². The van der Waals surface area contributed by atoms with Crippen molar-refractivity contribution in [3.63, 3.8) is 0 Å². The first-order valence-electron chi connectivity index (χ1n) is 8.32. The molecular weight excluding hydrogens is 262 g/mol. The number of para-hydroxylation sites is 1. The number of aryl methyl sites for hydroxylation is 1. The van der Waals surface area contributed by atoms with Gasteiger partial charge in [-0.2, -0.15) is 0 Å². The molecule has 0 aliphatic carbocycles. The molecule has 2 unspecified atom stereocenters. The van der Waals surface area contributed by atoms with E-state index in [1.165, 1.54) is 11.1 Å². The van der Waals surface area contributed by atoms with Crippen LogP contribution in [0.15, 0.2) is 18.2 Å². The van der Waals surface area contributed by atoms with Gasteiger partial charge in [0.1, 0.15) is 5.75 Å². The van der Waals surface area contributed by atoms with Crippen molar-refractivity contribution in [2.24, 2.45) is 0 Å². The Morgan fingerprint density at radius 1 is 1.29 bits per heavy atom.